The van der Waals surface area contributed by atoms with E-state index in [0.29, 0.717) is 22.4 Å². The van der Waals surface area contributed by atoms with Crippen LogP contribution >= 0.6 is 11.6 Å². The lowest BCUT2D eigenvalue weighted by Gasteiger charge is -2.35. The van der Waals surface area contributed by atoms with Gasteiger partial charge in [0.2, 0.25) is 10.0 Å². The Balaban J connectivity index is 1.55. The Bertz CT molecular complexity index is 813. The summed E-state index contributed by atoms with van der Waals surface area (Å²) >= 11 is 5.98. The molecule has 6 nitrogen and oxygen atoms in total. The molecular formula is C17H21ClN2O4S. The number of halogens is 1. The summed E-state index contributed by atoms with van der Waals surface area (Å²) in [7, 11) is -3.54. The number of hydrogen-bond donors (Lipinski definition) is 1. The molecule has 2 bridgehead atoms. The molecule has 0 unspecified atom stereocenters. The molecule has 1 aliphatic heterocycles. The summed E-state index contributed by atoms with van der Waals surface area (Å²) in [5, 5.41) is 3.50. The molecule has 2 aliphatic carbocycles. The smallest absolute Gasteiger partial charge is 0.263 e. The van der Waals surface area contributed by atoms with Crippen molar-refractivity contribution in [2.24, 2.45) is 11.8 Å². The number of carbonyl (C=O) groups is 1. The molecule has 1 aromatic rings. The van der Waals surface area contributed by atoms with Gasteiger partial charge in [0.15, 0.2) is 6.10 Å². The summed E-state index contributed by atoms with van der Waals surface area (Å²) in [6.45, 7) is -0.0428. The maximum Gasteiger partial charge on any atom is 0.263 e. The van der Waals surface area contributed by atoms with Crippen molar-refractivity contribution in [3.05, 3.63) is 23.2 Å². The average molecular weight is 385 g/mol. The molecule has 4 rings (SSSR count). The van der Waals surface area contributed by atoms with Gasteiger partial charge in [-0.3, -0.25) is 9.10 Å². The Morgan fingerprint density at radius 1 is 1.32 bits per heavy atom. The third kappa shape index (κ3) is 3.19. The van der Waals surface area contributed by atoms with Gasteiger partial charge in [-0.1, -0.05) is 18.0 Å². The molecule has 1 aromatic carbocycles. The van der Waals surface area contributed by atoms with Crippen molar-refractivity contribution in [1.82, 2.24) is 5.32 Å². The van der Waals surface area contributed by atoms with Crippen molar-refractivity contribution >= 4 is 33.2 Å². The number of sulfonamides is 1. The first kappa shape index (κ1) is 17.0. The van der Waals surface area contributed by atoms with E-state index in [1.807, 2.05) is 0 Å². The van der Waals surface area contributed by atoms with Crippen LogP contribution in [0.3, 0.4) is 0 Å². The Labute approximate surface area is 152 Å². The normalized spacial score (nSPS) is 30.7. The molecule has 25 heavy (non-hydrogen) atoms. The third-order valence-electron chi connectivity index (χ3n) is 5.55. The lowest BCUT2D eigenvalue weighted by molar-refractivity contribution is -0.128. The number of nitrogens with zero attached hydrogens (tertiary/aromatic N) is 1. The topological polar surface area (TPSA) is 75.7 Å². The second-order valence-corrected chi connectivity index (χ2v) is 9.65. The fourth-order valence-corrected chi connectivity index (χ4v) is 5.44. The standard InChI is InChI=1S/C17H21ClN2O4S/c1-25(22,23)20-9-16(24-15-5-4-12(18)8-14(15)20)17(21)19-13-7-10-2-3-11(13)6-10/h4-5,8,10-11,13,16H,2-3,6-7,9H2,1H3,(H,19,21)/t10-,11-,13-,16+/m1/s1. The SMILES string of the molecule is CS(=O)(=O)N1C[C@@H](C(=O)N[C@@H]2C[C@@H]3CC[C@@H]2C3)Oc2ccc(Cl)cc21. The number of fused-ring (bicyclic) bond motifs is 3. The van der Waals surface area contributed by atoms with Gasteiger partial charge in [0.1, 0.15) is 5.75 Å². The minimum atomic E-state index is -3.54. The monoisotopic (exact) mass is 384 g/mol. The van der Waals surface area contributed by atoms with Crippen LogP contribution in [0.1, 0.15) is 25.7 Å². The summed E-state index contributed by atoms with van der Waals surface area (Å²) in [6.07, 6.45) is 4.89. The molecule has 3 aliphatic rings. The average Bonchev–Trinajstić information content (AvgIpc) is 3.15. The highest BCUT2D eigenvalue weighted by Crippen LogP contribution is 2.44. The molecule has 136 valence electrons. The minimum Gasteiger partial charge on any atom is -0.476 e. The molecule has 1 amide bonds. The summed E-state index contributed by atoms with van der Waals surface area (Å²) in [5.74, 6) is 1.38. The summed E-state index contributed by atoms with van der Waals surface area (Å²) < 4.78 is 31.3. The van der Waals surface area contributed by atoms with Crippen LogP contribution in [0.2, 0.25) is 5.02 Å². The third-order valence-corrected chi connectivity index (χ3v) is 6.93. The van der Waals surface area contributed by atoms with Crippen molar-refractivity contribution in [3.63, 3.8) is 0 Å². The molecular weight excluding hydrogens is 364 g/mol. The lowest BCUT2D eigenvalue weighted by Crippen LogP contribution is -2.53. The first-order valence-electron chi connectivity index (χ1n) is 8.55. The number of hydrogen-bond acceptors (Lipinski definition) is 4. The highest BCUT2D eigenvalue weighted by molar-refractivity contribution is 7.92. The number of amides is 1. The van der Waals surface area contributed by atoms with Crippen LogP contribution < -0.4 is 14.4 Å². The van der Waals surface area contributed by atoms with Crippen LogP contribution in [0, 0.1) is 11.8 Å². The van der Waals surface area contributed by atoms with Crippen molar-refractivity contribution in [2.75, 3.05) is 17.1 Å². The van der Waals surface area contributed by atoms with E-state index in [2.05, 4.69) is 5.32 Å². The summed E-state index contributed by atoms with van der Waals surface area (Å²) in [6, 6.07) is 4.96. The van der Waals surface area contributed by atoms with E-state index >= 15 is 0 Å². The number of benzene rings is 1. The largest absolute Gasteiger partial charge is 0.476 e. The second kappa shape index (κ2) is 6.06. The van der Waals surface area contributed by atoms with Crippen molar-refractivity contribution in [3.8, 4) is 5.75 Å². The van der Waals surface area contributed by atoms with E-state index in [1.54, 1.807) is 18.2 Å². The van der Waals surface area contributed by atoms with Gasteiger partial charge in [-0.15, -0.1) is 0 Å². The van der Waals surface area contributed by atoms with Crippen molar-refractivity contribution in [2.45, 2.75) is 37.8 Å². The predicted molar refractivity (Wildman–Crippen MR) is 95.4 cm³/mol. The van der Waals surface area contributed by atoms with Crippen molar-refractivity contribution in [1.29, 1.82) is 0 Å². The van der Waals surface area contributed by atoms with Gasteiger partial charge < -0.3 is 10.1 Å². The molecule has 0 aromatic heterocycles. The number of ether oxygens (including phenoxy) is 1. The number of anilines is 1. The molecule has 0 saturated heterocycles. The number of carbonyl (C=O) groups excluding carboxylic acids is 1. The van der Waals surface area contributed by atoms with Gasteiger partial charge in [-0.05, 0) is 49.3 Å². The lowest BCUT2D eigenvalue weighted by atomic mass is 9.95. The molecule has 2 fully saturated rings. The van der Waals surface area contributed by atoms with Crippen LogP contribution in [0.5, 0.6) is 5.75 Å². The minimum absolute atomic E-state index is 0.0428. The molecule has 2 saturated carbocycles. The maximum atomic E-state index is 12.7. The van der Waals surface area contributed by atoms with E-state index in [1.165, 1.54) is 17.1 Å². The van der Waals surface area contributed by atoms with E-state index in [-0.39, 0.29) is 18.5 Å². The van der Waals surface area contributed by atoms with Gasteiger partial charge in [0, 0.05) is 11.1 Å². The number of nitrogens with one attached hydrogen (secondary N) is 1. The van der Waals surface area contributed by atoms with E-state index in [0.717, 1.165) is 25.0 Å². The fraction of sp³-hybridized carbons (Fsp3) is 0.588. The Kier molecular flexibility index (Phi) is 4.11. The van der Waals surface area contributed by atoms with Crippen molar-refractivity contribution < 1.29 is 17.9 Å². The zero-order valence-electron chi connectivity index (χ0n) is 13.9. The molecule has 1 N–H and O–H groups in total. The van der Waals surface area contributed by atoms with E-state index in [4.69, 9.17) is 16.3 Å². The van der Waals surface area contributed by atoms with Crippen LogP contribution in [0.4, 0.5) is 5.69 Å². The van der Waals surface area contributed by atoms with Crippen LogP contribution in [-0.2, 0) is 14.8 Å². The summed E-state index contributed by atoms with van der Waals surface area (Å²) in [5.41, 5.74) is 0.374. The summed E-state index contributed by atoms with van der Waals surface area (Å²) in [4.78, 5) is 12.7. The van der Waals surface area contributed by atoms with Crippen LogP contribution in [0.15, 0.2) is 18.2 Å². The highest BCUT2D eigenvalue weighted by atomic mass is 35.5. The quantitative estimate of drug-likeness (QED) is 0.866. The fourth-order valence-electron chi connectivity index (χ4n) is 4.37. The second-order valence-electron chi connectivity index (χ2n) is 7.30. The van der Waals surface area contributed by atoms with Gasteiger partial charge in [0.05, 0.1) is 18.5 Å². The number of rotatable bonds is 3. The van der Waals surface area contributed by atoms with E-state index < -0.39 is 16.1 Å². The van der Waals surface area contributed by atoms with Gasteiger partial charge >= 0.3 is 0 Å². The predicted octanol–water partition coefficient (Wildman–Crippen LogP) is 2.17. The molecule has 8 heteroatoms. The van der Waals surface area contributed by atoms with Gasteiger partial charge in [0.25, 0.3) is 5.91 Å². The first-order chi connectivity index (χ1) is 11.8. The van der Waals surface area contributed by atoms with Gasteiger partial charge in [-0.2, -0.15) is 0 Å². The van der Waals surface area contributed by atoms with Crippen LogP contribution in [-0.4, -0.2) is 39.3 Å². The molecule has 0 radical (unpaired) electrons. The molecule has 4 atom stereocenters. The Morgan fingerprint density at radius 3 is 2.76 bits per heavy atom. The molecule has 1 heterocycles. The first-order valence-corrected chi connectivity index (χ1v) is 10.8. The van der Waals surface area contributed by atoms with Crippen LogP contribution in [0.25, 0.3) is 0 Å². The Hall–Kier alpha value is -1.47. The zero-order valence-corrected chi connectivity index (χ0v) is 15.5. The van der Waals surface area contributed by atoms with E-state index in [9.17, 15) is 13.2 Å². The zero-order chi connectivity index (χ0) is 17.8. The maximum absolute atomic E-state index is 12.7. The Morgan fingerprint density at radius 2 is 2.12 bits per heavy atom. The highest BCUT2D eigenvalue weighted by Gasteiger charge is 2.42. The van der Waals surface area contributed by atoms with Gasteiger partial charge in [-0.25, -0.2) is 8.42 Å². The molecule has 0 spiro atoms.